The SMILES string of the molecule is NC(=O)c1ccc(NC(=O)[C@H]2[C@@H](C(=O)O)[C@@H]3C=C[C@H]2C3)cc1. The summed E-state index contributed by atoms with van der Waals surface area (Å²) < 4.78 is 0. The van der Waals surface area contributed by atoms with Crippen LogP contribution < -0.4 is 11.1 Å². The molecule has 1 fully saturated rings. The van der Waals surface area contributed by atoms with Crippen molar-refractivity contribution in [2.75, 3.05) is 5.32 Å². The van der Waals surface area contributed by atoms with Crippen LogP contribution in [-0.2, 0) is 9.59 Å². The second-order valence-electron chi connectivity index (χ2n) is 5.77. The third-order valence-corrected chi connectivity index (χ3v) is 4.48. The highest BCUT2D eigenvalue weighted by atomic mass is 16.4. The number of primary amides is 1. The minimum atomic E-state index is -0.930. The lowest BCUT2D eigenvalue weighted by Crippen LogP contribution is -2.36. The number of carboxylic acids is 1. The van der Waals surface area contributed by atoms with Gasteiger partial charge in [0.1, 0.15) is 0 Å². The highest BCUT2D eigenvalue weighted by Gasteiger charge is 2.51. The van der Waals surface area contributed by atoms with Gasteiger partial charge in [0.2, 0.25) is 11.8 Å². The molecule has 0 aromatic heterocycles. The Morgan fingerprint density at radius 2 is 1.64 bits per heavy atom. The number of allylic oxidation sites excluding steroid dienone is 2. The topological polar surface area (TPSA) is 109 Å². The van der Waals surface area contributed by atoms with Gasteiger partial charge in [-0.2, -0.15) is 0 Å². The molecule has 4 N–H and O–H groups in total. The van der Waals surface area contributed by atoms with Gasteiger partial charge in [-0.1, -0.05) is 12.2 Å². The fourth-order valence-corrected chi connectivity index (χ4v) is 3.46. The predicted octanol–water partition coefficient (Wildman–Crippen LogP) is 1.25. The van der Waals surface area contributed by atoms with Crippen LogP contribution in [0.2, 0.25) is 0 Å². The van der Waals surface area contributed by atoms with Crippen molar-refractivity contribution in [3.8, 4) is 0 Å². The van der Waals surface area contributed by atoms with E-state index in [0.717, 1.165) is 6.42 Å². The maximum absolute atomic E-state index is 12.4. The number of benzene rings is 1. The molecule has 1 aromatic rings. The highest BCUT2D eigenvalue weighted by molar-refractivity contribution is 5.97. The second kappa shape index (κ2) is 5.29. The number of fused-ring (bicyclic) bond motifs is 2. The van der Waals surface area contributed by atoms with E-state index in [-0.39, 0.29) is 17.7 Å². The Bertz CT molecular complexity index is 665. The Morgan fingerprint density at radius 1 is 1.05 bits per heavy atom. The van der Waals surface area contributed by atoms with E-state index in [2.05, 4.69) is 5.32 Å². The molecular formula is C16H16N2O4. The quantitative estimate of drug-likeness (QED) is 0.727. The van der Waals surface area contributed by atoms with Gasteiger partial charge in [0, 0.05) is 11.3 Å². The first-order valence-corrected chi connectivity index (χ1v) is 7.09. The molecule has 2 bridgehead atoms. The van der Waals surface area contributed by atoms with Gasteiger partial charge in [0.15, 0.2) is 0 Å². The van der Waals surface area contributed by atoms with Gasteiger partial charge in [-0.05, 0) is 42.5 Å². The summed E-state index contributed by atoms with van der Waals surface area (Å²) in [5, 5.41) is 12.1. The van der Waals surface area contributed by atoms with Crippen LogP contribution in [0, 0.1) is 23.7 Å². The molecular weight excluding hydrogens is 284 g/mol. The van der Waals surface area contributed by atoms with Crippen molar-refractivity contribution < 1.29 is 19.5 Å². The number of carbonyl (C=O) groups is 3. The zero-order chi connectivity index (χ0) is 15.9. The number of amides is 2. The average molecular weight is 300 g/mol. The molecule has 0 radical (unpaired) electrons. The largest absolute Gasteiger partial charge is 0.481 e. The number of carbonyl (C=O) groups excluding carboxylic acids is 2. The third kappa shape index (κ3) is 2.36. The van der Waals surface area contributed by atoms with Crippen LogP contribution in [0.3, 0.4) is 0 Å². The Hall–Kier alpha value is -2.63. The van der Waals surface area contributed by atoms with E-state index in [1.165, 1.54) is 12.1 Å². The van der Waals surface area contributed by atoms with Gasteiger partial charge < -0.3 is 16.2 Å². The van der Waals surface area contributed by atoms with E-state index < -0.39 is 23.7 Å². The molecule has 3 rings (SSSR count). The van der Waals surface area contributed by atoms with Crippen LogP contribution in [0.4, 0.5) is 5.69 Å². The first kappa shape index (κ1) is 14.3. The van der Waals surface area contributed by atoms with Gasteiger partial charge in [-0.25, -0.2) is 0 Å². The maximum Gasteiger partial charge on any atom is 0.307 e. The van der Waals surface area contributed by atoms with Crippen LogP contribution in [0.25, 0.3) is 0 Å². The van der Waals surface area contributed by atoms with E-state index >= 15 is 0 Å². The van der Waals surface area contributed by atoms with Crippen molar-refractivity contribution in [3.05, 3.63) is 42.0 Å². The molecule has 1 saturated carbocycles. The van der Waals surface area contributed by atoms with Gasteiger partial charge in [0.25, 0.3) is 0 Å². The molecule has 0 saturated heterocycles. The van der Waals surface area contributed by atoms with Crippen molar-refractivity contribution in [2.45, 2.75) is 6.42 Å². The molecule has 0 heterocycles. The van der Waals surface area contributed by atoms with Gasteiger partial charge in [-0.15, -0.1) is 0 Å². The number of nitrogens with two attached hydrogens (primary N) is 1. The van der Waals surface area contributed by atoms with E-state index in [1.54, 1.807) is 12.1 Å². The van der Waals surface area contributed by atoms with E-state index in [9.17, 15) is 19.5 Å². The summed E-state index contributed by atoms with van der Waals surface area (Å²) in [4.78, 5) is 34.9. The molecule has 0 spiro atoms. The highest BCUT2D eigenvalue weighted by Crippen LogP contribution is 2.48. The lowest BCUT2D eigenvalue weighted by Gasteiger charge is -2.23. The number of aliphatic carboxylic acids is 1. The molecule has 0 aliphatic heterocycles. The summed E-state index contributed by atoms with van der Waals surface area (Å²) in [6.45, 7) is 0. The molecule has 6 heteroatoms. The summed E-state index contributed by atoms with van der Waals surface area (Å²) in [5.74, 6) is -3.06. The van der Waals surface area contributed by atoms with E-state index in [0.29, 0.717) is 11.3 Å². The standard InChI is InChI=1S/C16H16N2O4/c17-14(19)8-3-5-11(6-4-8)18-15(20)12-9-1-2-10(7-9)13(12)16(21)22/h1-6,9-10,12-13H,7H2,(H2,17,19)(H,18,20)(H,21,22)/t9-,10+,12+,13-/m0/s1. The fraction of sp³-hybridized carbons (Fsp3) is 0.312. The Morgan fingerprint density at radius 3 is 2.18 bits per heavy atom. The minimum Gasteiger partial charge on any atom is -0.481 e. The number of hydrogen-bond donors (Lipinski definition) is 3. The Kier molecular flexibility index (Phi) is 3.44. The van der Waals surface area contributed by atoms with Crippen molar-refractivity contribution >= 4 is 23.5 Å². The lowest BCUT2D eigenvalue weighted by atomic mass is 9.82. The smallest absolute Gasteiger partial charge is 0.307 e. The molecule has 6 nitrogen and oxygen atoms in total. The summed E-state index contributed by atoms with van der Waals surface area (Å²) in [6.07, 6.45) is 4.55. The second-order valence-corrected chi connectivity index (χ2v) is 5.77. The fourth-order valence-electron chi connectivity index (χ4n) is 3.46. The molecule has 114 valence electrons. The average Bonchev–Trinajstić information content (AvgIpc) is 3.08. The zero-order valence-electron chi connectivity index (χ0n) is 11.7. The molecule has 2 aliphatic carbocycles. The number of hydrogen-bond acceptors (Lipinski definition) is 3. The summed E-state index contributed by atoms with van der Waals surface area (Å²) in [7, 11) is 0. The molecule has 1 aromatic carbocycles. The summed E-state index contributed by atoms with van der Waals surface area (Å²) in [6, 6.07) is 6.20. The Labute approximate surface area is 127 Å². The first-order chi connectivity index (χ1) is 10.5. The van der Waals surface area contributed by atoms with Crippen molar-refractivity contribution in [1.82, 2.24) is 0 Å². The van der Waals surface area contributed by atoms with Crippen molar-refractivity contribution in [2.24, 2.45) is 29.4 Å². The summed E-state index contributed by atoms with van der Waals surface area (Å²) in [5.41, 5.74) is 6.03. The van der Waals surface area contributed by atoms with Gasteiger partial charge in [0.05, 0.1) is 11.8 Å². The predicted molar refractivity (Wildman–Crippen MR) is 78.9 cm³/mol. The molecule has 2 aliphatic rings. The zero-order valence-corrected chi connectivity index (χ0v) is 11.7. The van der Waals surface area contributed by atoms with Gasteiger partial charge in [-0.3, -0.25) is 14.4 Å². The number of rotatable bonds is 4. The summed E-state index contributed by atoms with van der Waals surface area (Å²) >= 11 is 0. The van der Waals surface area contributed by atoms with Crippen molar-refractivity contribution in [3.63, 3.8) is 0 Å². The normalized spacial score (nSPS) is 28.5. The van der Waals surface area contributed by atoms with Crippen LogP contribution >= 0.6 is 0 Å². The van der Waals surface area contributed by atoms with Crippen LogP contribution in [-0.4, -0.2) is 22.9 Å². The monoisotopic (exact) mass is 300 g/mol. The molecule has 2 amide bonds. The molecule has 4 atom stereocenters. The number of anilines is 1. The van der Waals surface area contributed by atoms with E-state index in [4.69, 9.17) is 5.73 Å². The third-order valence-electron chi connectivity index (χ3n) is 4.48. The van der Waals surface area contributed by atoms with Crippen LogP contribution in [0.5, 0.6) is 0 Å². The Balaban J connectivity index is 1.75. The number of carboxylic acid groups (broad SMARTS) is 1. The lowest BCUT2D eigenvalue weighted by molar-refractivity contribution is -0.146. The van der Waals surface area contributed by atoms with Crippen LogP contribution in [0.1, 0.15) is 16.8 Å². The molecule has 0 unspecified atom stereocenters. The number of nitrogens with one attached hydrogen (secondary N) is 1. The van der Waals surface area contributed by atoms with Crippen LogP contribution in [0.15, 0.2) is 36.4 Å². The first-order valence-electron chi connectivity index (χ1n) is 7.09. The van der Waals surface area contributed by atoms with E-state index in [1.807, 2.05) is 12.2 Å². The van der Waals surface area contributed by atoms with Gasteiger partial charge >= 0.3 is 5.97 Å². The van der Waals surface area contributed by atoms with Crippen molar-refractivity contribution in [1.29, 1.82) is 0 Å². The molecule has 22 heavy (non-hydrogen) atoms. The maximum atomic E-state index is 12.4. The minimum absolute atomic E-state index is 0.0176.